The predicted molar refractivity (Wildman–Crippen MR) is 133 cm³/mol. The van der Waals surface area contributed by atoms with Crippen molar-refractivity contribution in [2.24, 2.45) is 7.05 Å². The first kappa shape index (κ1) is 22.9. The Hall–Kier alpha value is -4.85. The number of nitrogens with zero attached hydrogens (tertiary/aromatic N) is 2. The molecule has 0 aliphatic heterocycles. The third-order valence-electron chi connectivity index (χ3n) is 6.41. The number of carboxylic acids is 1. The number of para-hydroxylation sites is 1. The van der Waals surface area contributed by atoms with Gasteiger partial charge in [-0.2, -0.15) is 4.57 Å². The number of pyridine rings is 1. The van der Waals surface area contributed by atoms with Crippen molar-refractivity contribution in [1.29, 1.82) is 0 Å². The number of carboxylic acid groups (broad SMARTS) is 1. The Labute approximate surface area is 205 Å². The monoisotopic (exact) mass is 483 g/mol. The second kappa shape index (κ2) is 8.42. The Morgan fingerprint density at radius 3 is 2.11 bits per heavy atom. The Kier molecular flexibility index (Phi) is 5.36. The number of aromatic carboxylic acids is 1. The first-order chi connectivity index (χ1) is 17.2. The van der Waals surface area contributed by atoms with Crippen LogP contribution in [0.5, 0.6) is 11.8 Å². The van der Waals surface area contributed by atoms with Gasteiger partial charge >= 0.3 is 11.9 Å². The molecule has 2 heterocycles. The summed E-state index contributed by atoms with van der Waals surface area (Å²) in [6.07, 6.45) is 0. The number of aromatic hydroxyl groups is 2. The highest BCUT2D eigenvalue weighted by Gasteiger charge is 2.26. The minimum absolute atomic E-state index is 0.218. The second-order valence-electron chi connectivity index (χ2n) is 8.66. The zero-order valence-electron chi connectivity index (χ0n) is 19.8. The fourth-order valence-corrected chi connectivity index (χ4v) is 4.89. The fraction of sp³-hybridized carbons (Fsp3) is 0.107. The summed E-state index contributed by atoms with van der Waals surface area (Å²) in [7, 11) is 1.91. The zero-order chi connectivity index (χ0) is 25.7. The highest BCUT2D eigenvalue weighted by atomic mass is 16.7. The van der Waals surface area contributed by atoms with E-state index in [-0.39, 0.29) is 11.1 Å². The van der Waals surface area contributed by atoms with Gasteiger partial charge < -0.3 is 20.2 Å². The minimum Gasteiger partial charge on any atom is -0.492 e. The maximum absolute atomic E-state index is 12.8. The molecule has 0 atom stereocenters. The van der Waals surface area contributed by atoms with Crippen LogP contribution in [0.3, 0.4) is 0 Å². The largest absolute Gasteiger partial charge is 0.492 e. The van der Waals surface area contributed by atoms with E-state index in [9.17, 15) is 24.9 Å². The number of hydrogen-bond donors (Lipinski definition) is 3. The molecule has 0 unspecified atom stereocenters. The van der Waals surface area contributed by atoms with Gasteiger partial charge in [-0.05, 0) is 54.3 Å². The number of benzene rings is 3. The van der Waals surface area contributed by atoms with Crippen LogP contribution >= 0.6 is 0 Å². The summed E-state index contributed by atoms with van der Waals surface area (Å²) in [6.45, 7) is 3.67. The third kappa shape index (κ3) is 3.51. The van der Waals surface area contributed by atoms with E-state index in [0.717, 1.165) is 33.3 Å². The van der Waals surface area contributed by atoms with Crippen LogP contribution in [-0.4, -0.2) is 32.0 Å². The maximum Gasteiger partial charge on any atom is 0.363 e. The number of aryl methyl sites for hydroxylation is 3. The van der Waals surface area contributed by atoms with Crippen LogP contribution in [0, 0.1) is 13.8 Å². The van der Waals surface area contributed by atoms with Gasteiger partial charge in [-0.25, -0.2) is 9.59 Å². The first-order valence-electron chi connectivity index (χ1n) is 11.2. The van der Waals surface area contributed by atoms with Crippen molar-refractivity contribution in [2.45, 2.75) is 13.8 Å². The summed E-state index contributed by atoms with van der Waals surface area (Å²) in [4.78, 5) is 30.4. The molecule has 5 aromatic rings. The van der Waals surface area contributed by atoms with Crippen molar-refractivity contribution in [3.63, 3.8) is 0 Å². The van der Waals surface area contributed by atoms with E-state index in [1.54, 1.807) is 18.2 Å². The summed E-state index contributed by atoms with van der Waals surface area (Å²) in [5.74, 6) is -2.62. The highest BCUT2D eigenvalue weighted by Crippen LogP contribution is 2.37. The van der Waals surface area contributed by atoms with Gasteiger partial charge in [0.15, 0.2) is 0 Å². The molecular weight excluding hydrogens is 460 g/mol. The molecule has 36 heavy (non-hydrogen) atoms. The summed E-state index contributed by atoms with van der Waals surface area (Å²) >= 11 is 0. The number of rotatable bonds is 4. The first-order valence-corrected chi connectivity index (χ1v) is 11.2. The lowest BCUT2D eigenvalue weighted by Gasteiger charge is -2.16. The van der Waals surface area contributed by atoms with Gasteiger partial charge in [0.2, 0.25) is 22.8 Å². The highest BCUT2D eigenvalue weighted by molar-refractivity contribution is 6.16. The molecule has 8 nitrogen and oxygen atoms in total. The molecule has 0 saturated carbocycles. The topological polar surface area (TPSA) is 113 Å². The molecule has 0 aliphatic carbocycles. The van der Waals surface area contributed by atoms with E-state index in [0.29, 0.717) is 15.5 Å². The lowest BCUT2D eigenvalue weighted by molar-refractivity contribution is -0.617. The summed E-state index contributed by atoms with van der Waals surface area (Å²) in [6, 6.07) is 18.7. The molecule has 5 rings (SSSR count). The van der Waals surface area contributed by atoms with Gasteiger partial charge in [0.05, 0.1) is 21.9 Å². The second-order valence-corrected chi connectivity index (χ2v) is 8.66. The van der Waals surface area contributed by atoms with E-state index in [1.165, 1.54) is 12.1 Å². The molecule has 3 aromatic carbocycles. The summed E-state index contributed by atoms with van der Waals surface area (Å²) in [5, 5.41) is 31.0. The van der Waals surface area contributed by atoms with Crippen LogP contribution in [0.2, 0.25) is 0 Å². The Bertz CT molecular complexity index is 1670. The molecule has 0 saturated heterocycles. The van der Waals surface area contributed by atoms with Gasteiger partial charge in [-0.1, -0.05) is 24.3 Å². The lowest BCUT2D eigenvalue weighted by atomic mass is 9.88. The van der Waals surface area contributed by atoms with Crippen molar-refractivity contribution in [3.8, 4) is 22.9 Å². The van der Waals surface area contributed by atoms with Crippen molar-refractivity contribution in [1.82, 2.24) is 4.73 Å². The Balaban J connectivity index is 1.72. The third-order valence-corrected chi connectivity index (χ3v) is 6.41. The Morgan fingerprint density at radius 2 is 1.47 bits per heavy atom. The minimum atomic E-state index is -1.02. The van der Waals surface area contributed by atoms with Crippen LogP contribution in [0.15, 0.2) is 66.7 Å². The molecule has 0 amide bonds. The number of hydrogen-bond acceptors (Lipinski definition) is 5. The molecule has 0 radical (unpaired) electrons. The van der Waals surface area contributed by atoms with Crippen LogP contribution in [-0.2, 0) is 7.05 Å². The molecule has 0 spiro atoms. The van der Waals surface area contributed by atoms with Crippen molar-refractivity contribution >= 4 is 33.7 Å². The van der Waals surface area contributed by atoms with Gasteiger partial charge in [0.1, 0.15) is 7.05 Å². The van der Waals surface area contributed by atoms with E-state index < -0.39 is 23.7 Å². The van der Waals surface area contributed by atoms with E-state index in [2.05, 4.69) is 0 Å². The molecule has 0 aliphatic rings. The number of carbonyl (C=O) groups excluding carboxylic acids is 1. The number of carbonyl (C=O) groups is 2. The smallest absolute Gasteiger partial charge is 0.363 e. The van der Waals surface area contributed by atoms with Crippen LogP contribution in [0.25, 0.3) is 32.9 Å². The predicted octanol–water partition coefficient (Wildman–Crippen LogP) is 4.28. The number of fused-ring (bicyclic) bond motifs is 2. The molecule has 0 bridgehead atoms. The molecule has 8 heteroatoms. The average Bonchev–Trinajstić information content (AvgIpc) is 3.16. The van der Waals surface area contributed by atoms with Gasteiger partial charge in [0, 0.05) is 24.3 Å². The van der Waals surface area contributed by atoms with Crippen LogP contribution < -0.4 is 9.40 Å². The molecule has 3 N–H and O–H groups in total. The van der Waals surface area contributed by atoms with E-state index >= 15 is 0 Å². The molecule has 180 valence electrons. The molecular formula is C28H23N2O6+. The normalized spacial score (nSPS) is 11.2. The van der Waals surface area contributed by atoms with Crippen molar-refractivity contribution in [2.75, 3.05) is 0 Å². The standard InChI is InChI=1S/C28H22N2O6/c1-15-13-17(28(35)36-30-22(31)11-12-23(30)32)14-16(2)24(15)19-8-6-10-21-25(19)26(27(33)34)18-7-4-5-9-20(18)29(21)3/h4-14H,1-3H3,(H2,33,34,35)/p+1. The van der Waals surface area contributed by atoms with E-state index in [4.69, 9.17) is 4.84 Å². The number of aromatic nitrogens is 2. The summed E-state index contributed by atoms with van der Waals surface area (Å²) < 4.78 is 2.61. The van der Waals surface area contributed by atoms with Crippen molar-refractivity contribution < 1.29 is 34.3 Å². The zero-order valence-corrected chi connectivity index (χ0v) is 19.8. The van der Waals surface area contributed by atoms with Crippen molar-refractivity contribution in [3.05, 3.63) is 89.0 Å². The average molecular weight is 484 g/mol. The van der Waals surface area contributed by atoms with Gasteiger partial charge in [0.25, 0.3) is 0 Å². The molecule has 0 fully saturated rings. The Morgan fingerprint density at radius 1 is 0.861 bits per heavy atom. The maximum atomic E-state index is 12.8. The SMILES string of the molecule is Cc1cc(C(=O)On2c(O)ccc2O)cc(C)c1-c1cccc2c1c(C(=O)O)c1ccccc1[n+]2C. The quantitative estimate of drug-likeness (QED) is 0.260. The van der Waals surface area contributed by atoms with Gasteiger partial charge in [-0.15, -0.1) is 4.73 Å². The fourth-order valence-electron chi connectivity index (χ4n) is 4.89. The van der Waals surface area contributed by atoms with Gasteiger partial charge in [-0.3, -0.25) is 0 Å². The lowest BCUT2D eigenvalue weighted by Crippen LogP contribution is -2.31. The molecule has 2 aromatic heterocycles. The van der Waals surface area contributed by atoms with E-state index in [1.807, 2.05) is 61.9 Å². The summed E-state index contributed by atoms with van der Waals surface area (Å²) in [5.41, 5.74) is 5.03. The van der Waals surface area contributed by atoms with Crippen LogP contribution in [0.1, 0.15) is 31.8 Å². The van der Waals surface area contributed by atoms with Crippen LogP contribution in [0.4, 0.5) is 0 Å².